The molecule has 2 N–H and O–H groups in total. The number of rotatable bonds is 5. The molecule has 1 aromatic heterocycles. The number of hydrogen-bond acceptors (Lipinski definition) is 5. The fraction of sp³-hybridized carbons (Fsp3) is 0.211. The van der Waals surface area contributed by atoms with Crippen LogP contribution in [0.2, 0.25) is 0 Å². The van der Waals surface area contributed by atoms with Gasteiger partial charge in [-0.15, -0.1) is 0 Å². The average Bonchev–Trinajstić information content (AvgIpc) is 3.16. The van der Waals surface area contributed by atoms with Gasteiger partial charge in [0, 0.05) is 16.6 Å². The van der Waals surface area contributed by atoms with E-state index in [-0.39, 0.29) is 24.0 Å². The quantitative estimate of drug-likeness (QED) is 0.723. The van der Waals surface area contributed by atoms with Gasteiger partial charge in [-0.05, 0) is 42.8 Å². The molecule has 0 spiro atoms. The van der Waals surface area contributed by atoms with Gasteiger partial charge in [-0.25, -0.2) is 0 Å². The first-order chi connectivity index (χ1) is 13.0. The molecule has 8 heteroatoms. The van der Waals surface area contributed by atoms with E-state index in [2.05, 4.69) is 32.6 Å². The van der Waals surface area contributed by atoms with Crippen molar-refractivity contribution in [3.05, 3.63) is 63.0 Å². The second-order valence-electron chi connectivity index (χ2n) is 5.97. The zero-order valence-electron chi connectivity index (χ0n) is 14.4. The van der Waals surface area contributed by atoms with Crippen LogP contribution in [0.4, 0.5) is 5.69 Å². The molecule has 1 atom stereocenters. The van der Waals surface area contributed by atoms with E-state index in [0.717, 1.165) is 27.5 Å². The number of carbonyl (C=O) groups is 2. The number of nitrogens with one attached hydrogen (secondary N) is 2. The topological polar surface area (TPSA) is 95.1 Å². The Morgan fingerprint density at radius 1 is 1.48 bits per heavy atom. The number of halogens is 1. The van der Waals surface area contributed by atoms with E-state index in [9.17, 15) is 14.9 Å². The third-order valence-electron chi connectivity index (χ3n) is 4.05. The summed E-state index contributed by atoms with van der Waals surface area (Å²) in [5.74, 6) is -0.222. The van der Waals surface area contributed by atoms with Crippen molar-refractivity contribution in [3.63, 3.8) is 0 Å². The van der Waals surface area contributed by atoms with E-state index in [0.29, 0.717) is 16.4 Å². The van der Waals surface area contributed by atoms with Gasteiger partial charge in [-0.1, -0.05) is 27.7 Å². The molecule has 1 aromatic carbocycles. The number of aryl methyl sites for hydroxylation is 1. The fourth-order valence-corrected chi connectivity index (χ4v) is 4.11. The summed E-state index contributed by atoms with van der Waals surface area (Å²) in [4.78, 5) is 24.3. The number of thioether (sulfide) groups is 1. The lowest BCUT2D eigenvalue weighted by molar-refractivity contribution is -0.121. The van der Waals surface area contributed by atoms with E-state index < -0.39 is 5.92 Å². The monoisotopic (exact) mass is 445 g/mol. The van der Waals surface area contributed by atoms with Crippen LogP contribution < -0.4 is 10.6 Å². The Labute approximate surface area is 169 Å². The molecule has 138 valence electrons. The van der Waals surface area contributed by atoms with E-state index in [4.69, 9.17) is 4.42 Å². The van der Waals surface area contributed by atoms with Gasteiger partial charge in [0.05, 0.1) is 34.6 Å². The second-order valence-corrected chi connectivity index (χ2v) is 7.87. The molecule has 2 heterocycles. The lowest BCUT2D eigenvalue weighted by Crippen LogP contribution is -2.31. The molecule has 0 bridgehead atoms. The van der Waals surface area contributed by atoms with Gasteiger partial charge in [0.2, 0.25) is 11.8 Å². The predicted molar refractivity (Wildman–Crippen MR) is 107 cm³/mol. The van der Waals surface area contributed by atoms with Gasteiger partial charge in [0.15, 0.2) is 0 Å². The SMILES string of the molecule is Cc1cc(Br)ccc1NC(=O)CSC1=C(C#N)[C@H](c2ccco2)CC(=O)N1. The number of nitrogens with zero attached hydrogens (tertiary/aromatic N) is 1. The second kappa shape index (κ2) is 8.46. The maximum Gasteiger partial charge on any atom is 0.234 e. The Morgan fingerprint density at radius 3 is 2.96 bits per heavy atom. The Morgan fingerprint density at radius 2 is 2.30 bits per heavy atom. The van der Waals surface area contributed by atoms with Crippen molar-refractivity contribution < 1.29 is 14.0 Å². The van der Waals surface area contributed by atoms with Gasteiger partial charge in [0.25, 0.3) is 0 Å². The van der Waals surface area contributed by atoms with Crippen molar-refractivity contribution in [2.24, 2.45) is 0 Å². The highest BCUT2D eigenvalue weighted by molar-refractivity contribution is 9.10. The van der Waals surface area contributed by atoms with E-state index in [1.807, 2.05) is 25.1 Å². The highest BCUT2D eigenvalue weighted by atomic mass is 79.9. The van der Waals surface area contributed by atoms with Crippen molar-refractivity contribution in [3.8, 4) is 6.07 Å². The number of furan rings is 1. The van der Waals surface area contributed by atoms with Gasteiger partial charge in [0.1, 0.15) is 5.76 Å². The standard InChI is InChI=1S/C19H16BrN3O3S/c1-11-7-12(20)4-5-15(11)22-18(25)10-27-19-14(9-21)13(8-17(24)23-19)16-3-2-6-26-16/h2-7,13H,8,10H2,1H3,(H,22,25)(H,23,24)/t13-/m1/s1. The molecule has 27 heavy (non-hydrogen) atoms. The lowest BCUT2D eigenvalue weighted by atomic mass is 9.92. The predicted octanol–water partition coefficient (Wildman–Crippen LogP) is 4.06. The first kappa shape index (κ1) is 19.3. The zero-order valence-corrected chi connectivity index (χ0v) is 16.8. The average molecular weight is 446 g/mol. The first-order valence-electron chi connectivity index (χ1n) is 8.14. The van der Waals surface area contributed by atoms with Crippen molar-refractivity contribution in [2.75, 3.05) is 11.1 Å². The molecule has 0 saturated heterocycles. The molecular weight excluding hydrogens is 430 g/mol. The number of nitriles is 1. The summed E-state index contributed by atoms with van der Waals surface area (Å²) in [6, 6.07) is 11.2. The summed E-state index contributed by atoms with van der Waals surface area (Å²) in [6.07, 6.45) is 1.66. The van der Waals surface area contributed by atoms with Gasteiger partial charge in [-0.3, -0.25) is 9.59 Å². The molecular formula is C19H16BrN3O3S. The number of amides is 2. The molecule has 0 radical (unpaired) electrons. The maximum absolute atomic E-state index is 12.3. The highest BCUT2D eigenvalue weighted by Gasteiger charge is 2.31. The normalized spacial score (nSPS) is 16.6. The molecule has 0 saturated carbocycles. The van der Waals surface area contributed by atoms with Crippen LogP contribution in [0.1, 0.15) is 23.7 Å². The summed E-state index contributed by atoms with van der Waals surface area (Å²) in [6.45, 7) is 1.90. The Hall–Kier alpha value is -2.50. The molecule has 6 nitrogen and oxygen atoms in total. The van der Waals surface area contributed by atoms with E-state index in [1.54, 1.807) is 12.1 Å². The number of benzene rings is 1. The number of carbonyl (C=O) groups excluding carboxylic acids is 2. The smallest absolute Gasteiger partial charge is 0.234 e. The zero-order chi connectivity index (χ0) is 19.4. The maximum atomic E-state index is 12.3. The molecule has 0 aliphatic carbocycles. The summed E-state index contributed by atoms with van der Waals surface area (Å²) in [5.41, 5.74) is 2.06. The molecule has 3 rings (SSSR count). The number of allylic oxidation sites excluding steroid dienone is 1. The Bertz CT molecular complexity index is 948. The highest BCUT2D eigenvalue weighted by Crippen LogP contribution is 2.36. The number of hydrogen-bond donors (Lipinski definition) is 2. The van der Waals surface area contributed by atoms with Crippen molar-refractivity contribution in [1.29, 1.82) is 5.26 Å². The summed E-state index contributed by atoms with van der Waals surface area (Å²) in [5, 5.41) is 15.5. The van der Waals surface area contributed by atoms with Crippen LogP contribution in [0.25, 0.3) is 0 Å². The van der Waals surface area contributed by atoms with Crippen LogP contribution in [-0.2, 0) is 9.59 Å². The minimum Gasteiger partial charge on any atom is -0.469 e. The summed E-state index contributed by atoms with van der Waals surface area (Å²) >= 11 is 4.52. The van der Waals surface area contributed by atoms with Crippen LogP contribution in [0.15, 0.2) is 56.1 Å². The molecule has 2 aromatic rings. The number of anilines is 1. The van der Waals surface area contributed by atoms with Crippen LogP contribution in [0.3, 0.4) is 0 Å². The first-order valence-corrected chi connectivity index (χ1v) is 9.92. The fourth-order valence-electron chi connectivity index (χ4n) is 2.76. The summed E-state index contributed by atoms with van der Waals surface area (Å²) in [7, 11) is 0. The van der Waals surface area contributed by atoms with E-state index in [1.165, 1.54) is 6.26 Å². The minimum absolute atomic E-state index is 0.0706. The van der Waals surface area contributed by atoms with Gasteiger partial charge < -0.3 is 15.1 Å². The largest absolute Gasteiger partial charge is 0.469 e. The summed E-state index contributed by atoms with van der Waals surface area (Å²) < 4.78 is 6.31. The lowest BCUT2D eigenvalue weighted by Gasteiger charge is -2.23. The molecule has 0 unspecified atom stereocenters. The molecule has 0 fully saturated rings. The Balaban J connectivity index is 1.72. The van der Waals surface area contributed by atoms with Crippen LogP contribution in [0, 0.1) is 18.3 Å². The van der Waals surface area contributed by atoms with Crippen LogP contribution >= 0.6 is 27.7 Å². The van der Waals surface area contributed by atoms with Crippen molar-refractivity contribution in [1.82, 2.24) is 5.32 Å². The van der Waals surface area contributed by atoms with Gasteiger partial charge in [-0.2, -0.15) is 5.26 Å². The molecule has 1 aliphatic heterocycles. The Kier molecular flexibility index (Phi) is 6.04. The van der Waals surface area contributed by atoms with Crippen molar-refractivity contribution in [2.45, 2.75) is 19.3 Å². The molecule has 1 aliphatic rings. The van der Waals surface area contributed by atoms with Crippen LogP contribution in [-0.4, -0.2) is 17.6 Å². The van der Waals surface area contributed by atoms with Gasteiger partial charge >= 0.3 is 0 Å². The third kappa shape index (κ3) is 4.62. The van der Waals surface area contributed by atoms with E-state index >= 15 is 0 Å². The van der Waals surface area contributed by atoms with Crippen molar-refractivity contribution >= 4 is 45.2 Å². The third-order valence-corrected chi connectivity index (χ3v) is 5.56. The van der Waals surface area contributed by atoms with Crippen LogP contribution in [0.5, 0.6) is 0 Å². The minimum atomic E-state index is -0.432. The molecule has 2 amide bonds.